The number of hydrogen-bond donors (Lipinski definition) is 1. The van der Waals surface area contributed by atoms with Crippen LogP contribution in [0.1, 0.15) is 39.9 Å². The number of nitrogens with zero attached hydrogens (tertiary/aromatic N) is 2. The summed E-state index contributed by atoms with van der Waals surface area (Å²) in [6, 6.07) is 16.5. The van der Waals surface area contributed by atoms with Crippen LogP contribution in [0.2, 0.25) is 0 Å². The van der Waals surface area contributed by atoms with Gasteiger partial charge in [0.1, 0.15) is 0 Å². The maximum Gasteiger partial charge on any atom is 0.251 e. The van der Waals surface area contributed by atoms with Crippen LogP contribution in [0.4, 0.5) is 0 Å². The molecule has 0 spiro atoms. The number of amides is 1. The number of likely N-dealkylation sites (tertiary alicyclic amines) is 1. The SMILES string of the molecule is O=C(NCc1cccc(CN2CCCC2)c1)c1ccc(CN2CCOCC2)cc1. The summed E-state index contributed by atoms with van der Waals surface area (Å²) in [5.41, 5.74) is 4.42. The van der Waals surface area contributed by atoms with Crippen molar-refractivity contribution in [2.24, 2.45) is 0 Å². The van der Waals surface area contributed by atoms with E-state index in [-0.39, 0.29) is 5.91 Å². The van der Waals surface area contributed by atoms with E-state index >= 15 is 0 Å². The Morgan fingerprint density at radius 2 is 1.48 bits per heavy atom. The molecule has 2 heterocycles. The Balaban J connectivity index is 1.27. The van der Waals surface area contributed by atoms with Gasteiger partial charge in [0.05, 0.1) is 13.2 Å². The lowest BCUT2D eigenvalue weighted by Crippen LogP contribution is -2.35. The van der Waals surface area contributed by atoms with E-state index in [1.54, 1.807) is 0 Å². The lowest BCUT2D eigenvalue weighted by atomic mass is 10.1. The van der Waals surface area contributed by atoms with Crippen molar-refractivity contribution in [1.29, 1.82) is 0 Å². The number of ether oxygens (including phenoxy) is 1. The Kier molecular flexibility index (Phi) is 6.93. The van der Waals surface area contributed by atoms with Crippen LogP contribution in [0.5, 0.6) is 0 Å². The lowest BCUT2D eigenvalue weighted by molar-refractivity contribution is 0.0342. The van der Waals surface area contributed by atoms with Crippen molar-refractivity contribution in [2.45, 2.75) is 32.5 Å². The molecule has 0 aliphatic carbocycles. The fourth-order valence-corrected chi connectivity index (χ4v) is 4.10. The smallest absolute Gasteiger partial charge is 0.251 e. The largest absolute Gasteiger partial charge is 0.379 e. The van der Waals surface area contributed by atoms with Crippen molar-refractivity contribution in [3.05, 3.63) is 70.8 Å². The van der Waals surface area contributed by atoms with E-state index in [0.29, 0.717) is 12.1 Å². The van der Waals surface area contributed by atoms with Crippen LogP contribution in [0, 0.1) is 0 Å². The monoisotopic (exact) mass is 393 g/mol. The second-order valence-electron chi connectivity index (χ2n) is 8.07. The average Bonchev–Trinajstić information content (AvgIpc) is 3.27. The van der Waals surface area contributed by atoms with Gasteiger partial charge in [0.15, 0.2) is 0 Å². The topological polar surface area (TPSA) is 44.8 Å². The molecular weight excluding hydrogens is 362 g/mol. The molecule has 2 aliphatic heterocycles. The third kappa shape index (κ3) is 5.89. The number of benzene rings is 2. The van der Waals surface area contributed by atoms with Gasteiger partial charge in [0.25, 0.3) is 5.91 Å². The van der Waals surface area contributed by atoms with Crippen molar-refractivity contribution in [2.75, 3.05) is 39.4 Å². The number of nitrogens with one attached hydrogen (secondary N) is 1. The van der Waals surface area contributed by atoms with Crippen LogP contribution in [-0.4, -0.2) is 55.1 Å². The van der Waals surface area contributed by atoms with Crippen LogP contribution in [0.3, 0.4) is 0 Å². The minimum atomic E-state index is -0.0205. The molecular formula is C24H31N3O2. The van der Waals surface area contributed by atoms with Gasteiger partial charge >= 0.3 is 0 Å². The van der Waals surface area contributed by atoms with Crippen LogP contribution in [0.25, 0.3) is 0 Å². The predicted octanol–water partition coefficient (Wildman–Crippen LogP) is 3.04. The first-order valence-corrected chi connectivity index (χ1v) is 10.7. The molecule has 5 heteroatoms. The molecule has 2 aliphatic rings. The van der Waals surface area contributed by atoms with Crippen LogP contribution < -0.4 is 5.32 Å². The highest BCUT2D eigenvalue weighted by Gasteiger charge is 2.13. The van der Waals surface area contributed by atoms with E-state index in [1.165, 1.54) is 37.1 Å². The summed E-state index contributed by atoms with van der Waals surface area (Å²) in [7, 11) is 0. The highest BCUT2D eigenvalue weighted by Crippen LogP contribution is 2.14. The second-order valence-corrected chi connectivity index (χ2v) is 8.07. The van der Waals surface area contributed by atoms with Crippen molar-refractivity contribution >= 4 is 5.91 Å². The Morgan fingerprint density at radius 3 is 2.24 bits per heavy atom. The Morgan fingerprint density at radius 1 is 0.828 bits per heavy atom. The Bertz CT molecular complexity index is 794. The number of carbonyl (C=O) groups excluding carboxylic acids is 1. The number of rotatable bonds is 7. The third-order valence-corrected chi connectivity index (χ3v) is 5.78. The van der Waals surface area contributed by atoms with Crippen molar-refractivity contribution < 1.29 is 9.53 Å². The quantitative estimate of drug-likeness (QED) is 0.785. The molecule has 29 heavy (non-hydrogen) atoms. The third-order valence-electron chi connectivity index (χ3n) is 5.78. The van der Waals surface area contributed by atoms with Gasteiger partial charge < -0.3 is 10.1 Å². The lowest BCUT2D eigenvalue weighted by Gasteiger charge is -2.26. The van der Waals surface area contributed by atoms with Crippen molar-refractivity contribution in [3.8, 4) is 0 Å². The van der Waals surface area contributed by atoms with E-state index in [0.717, 1.165) is 45.0 Å². The average molecular weight is 394 g/mol. The van der Waals surface area contributed by atoms with E-state index in [1.807, 2.05) is 12.1 Å². The van der Waals surface area contributed by atoms with Gasteiger partial charge in [-0.15, -0.1) is 0 Å². The first-order valence-electron chi connectivity index (χ1n) is 10.7. The standard InChI is InChI=1S/C24H31N3O2/c28-24(23-8-6-20(7-9-23)18-27-12-14-29-15-13-27)25-17-21-4-3-5-22(16-21)19-26-10-1-2-11-26/h3-9,16H,1-2,10-15,17-19H2,(H,25,28). The van der Waals surface area contributed by atoms with Crippen LogP contribution >= 0.6 is 0 Å². The molecule has 0 saturated carbocycles. The summed E-state index contributed by atoms with van der Waals surface area (Å²) in [6.45, 7) is 8.42. The molecule has 0 bridgehead atoms. The van der Waals surface area contributed by atoms with Crippen molar-refractivity contribution in [3.63, 3.8) is 0 Å². The molecule has 4 rings (SSSR count). The van der Waals surface area contributed by atoms with Gasteiger partial charge in [0.2, 0.25) is 0 Å². The molecule has 5 nitrogen and oxygen atoms in total. The summed E-state index contributed by atoms with van der Waals surface area (Å²) in [5, 5.41) is 3.06. The summed E-state index contributed by atoms with van der Waals surface area (Å²) >= 11 is 0. The van der Waals surface area contributed by atoms with Gasteiger partial charge in [-0.25, -0.2) is 0 Å². The summed E-state index contributed by atoms with van der Waals surface area (Å²) in [6.07, 6.45) is 2.61. The molecule has 2 fully saturated rings. The Hall–Kier alpha value is -2.21. The fourth-order valence-electron chi connectivity index (χ4n) is 4.10. The maximum absolute atomic E-state index is 12.5. The molecule has 0 radical (unpaired) electrons. The normalized spacial score (nSPS) is 18.1. The number of morpholine rings is 1. The zero-order valence-corrected chi connectivity index (χ0v) is 17.1. The van der Waals surface area contributed by atoms with Crippen molar-refractivity contribution in [1.82, 2.24) is 15.1 Å². The van der Waals surface area contributed by atoms with E-state index in [9.17, 15) is 4.79 Å². The first kappa shape index (κ1) is 20.1. The van der Waals surface area contributed by atoms with Crippen LogP contribution in [-0.2, 0) is 24.4 Å². The van der Waals surface area contributed by atoms with Gasteiger partial charge in [-0.05, 0) is 54.8 Å². The van der Waals surface area contributed by atoms with E-state index in [2.05, 4.69) is 51.5 Å². The fraction of sp³-hybridized carbons (Fsp3) is 0.458. The molecule has 2 saturated heterocycles. The van der Waals surface area contributed by atoms with Gasteiger partial charge in [0, 0.05) is 38.3 Å². The number of carbonyl (C=O) groups is 1. The Labute approximate surface area is 173 Å². The molecule has 0 aromatic heterocycles. The first-order chi connectivity index (χ1) is 14.3. The second kappa shape index (κ2) is 10.0. The molecule has 154 valence electrons. The minimum absolute atomic E-state index is 0.0205. The van der Waals surface area contributed by atoms with E-state index in [4.69, 9.17) is 4.74 Å². The highest BCUT2D eigenvalue weighted by atomic mass is 16.5. The molecule has 1 amide bonds. The highest BCUT2D eigenvalue weighted by molar-refractivity contribution is 5.94. The summed E-state index contributed by atoms with van der Waals surface area (Å²) in [4.78, 5) is 17.4. The molecule has 0 unspecified atom stereocenters. The van der Waals surface area contributed by atoms with E-state index < -0.39 is 0 Å². The predicted molar refractivity (Wildman–Crippen MR) is 115 cm³/mol. The number of hydrogen-bond acceptors (Lipinski definition) is 4. The minimum Gasteiger partial charge on any atom is -0.379 e. The van der Waals surface area contributed by atoms with Gasteiger partial charge in [-0.2, -0.15) is 0 Å². The molecule has 2 aromatic carbocycles. The zero-order chi connectivity index (χ0) is 19.9. The van der Waals surface area contributed by atoms with Gasteiger partial charge in [-0.1, -0.05) is 36.4 Å². The maximum atomic E-state index is 12.5. The van der Waals surface area contributed by atoms with Gasteiger partial charge in [-0.3, -0.25) is 14.6 Å². The molecule has 1 N–H and O–H groups in total. The van der Waals surface area contributed by atoms with Crippen LogP contribution in [0.15, 0.2) is 48.5 Å². The summed E-state index contributed by atoms with van der Waals surface area (Å²) in [5.74, 6) is -0.0205. The molecule has 0 atom stereocenters. The molecule has 2 aromatic rings. The zero-order valence-electron chi connectivity index (χ0n) is 17.1. The summed E-state index contributed by atoms with van der Waals surface area (Å²) < 4.78 is 5.39.